The molecule has 0 spiro atoms. The molecule has 1 aliphatic rings. The minimum atomic E-state index is -3.84. The van der Waals surface area contributed by atoms with Crippen molar-refractivity contribution in [1.29, 1.82) is 0 Å². The molecule has 0 radical (unpaired) electrons. The first-order valence-electron chi connectivity index (χ1n) is 11.3. The standard InChI is InChI=1S/C25H22N6O7S2/c1-37-20-12-15(13-21-24(34)29-25(39-21)31-30-23(33)16-8-10-27-11-9-16)2-7-19(20)38-14-22(32)28-17-3-5-18(6-4-17)40(26,35)36/h2-13H,14H2,1H3,(H,28,32)(H,30,33)(H2,26,35,36)(H,29,31,34)/b21-13-. The first-order valence-corrected chi connectivity index (χ1v) is 13.7. The van der Waals surface area contributed by atoms with E-state index in [9.17, 15) is 22.8 Å². The van der Waals surface area contributed by atoms with Crippen LogP contribution in [0, 0.1) is 0 Å². The Morgan fingerprint density at radius 1 is 1.10 bits per heavy atom. The van der Waals surface area contributed by atoms with Crippen molar-refractivity contribution in [3.8, 4) is 11.5 Å². The third-order valence-corrected chi connectivity index (χ3v) is 7.00. The first kappa shape index (κ1) is 28.3. The molecule has 3 amide bonds. The Hall–Kier alpha value is -4.73. The highest BCUT2D eigenvalue weighted by atomic mass is 32.2. The number of amides is 3. The van der Waals surface area contributed by atoms with Crippen LogP contribution in [0.2, 0.25) is 0 Å². The zero-order valence-electron chi connectivity index (χ0n) is 20.8. The van der Waals surface area contributed by atoms with Gasteiger partial charge in [-0.15, -0.1) is 5.10 Å². The number of ether oxygens (including phenoxy) is 2. The Labute approximate surface area is 232 Å². The Bertz CT molecular complexity index is 1610. The van der Waals surface area contributed by atoms with Crippen LogP contribution in [0.5, 0.6) is 11.5 Å². The van der Waals surface area contributed by atoms with Gasteiger partial charge in [0.1, 0.15) is 0 Å². The summed E-state index contributed by atoms with van der Waals surface area (Å²) in [6.07, 6.45) is 4.57. The fraction of sp³-hybridized carbons (Fsp3) is 0.0800. The van der Waals surface area contributed by atoms with Crippen molar-refractivity contribution in [2.75, 3.05) is 19.0 Å². The number of nitrogens with zero attached hydrogens (tertiary/aromatic N) is 2. The number of aromatic nitrogens is 1. The number of methoxy groups -OCH3 is 1. The van der Waals surface area contributed by atoms with Crippen molar-refractivity contribution in [2.24, 2.45) is 10.2 Å². The fourth-order valence-corrected chi connectivity index (χ4v) is 4.56. The number of sulfonamides is 1. The molecule has 206 valence electrons. The van der Waals surface area contributed by atoms with Gasteiger partial charge in [0.05, 0.1) is 16.9 Å². The van der Waals surface area contributed by atoms with E-state index in [1.807, 2.05) is 0 Å². The van der Waals surface area contributed by atoms with Crippen LogP contribution in [0.4, 0.5) is 5.69 Å². The quantitative estimate of drug-likeness (QED) is 0.215. The van der Waals surface area contributed by atoms with Gasteiger partial charge in [-0.2, -0.15) is 0 Å². The lowest BCUT2D eigenvalue weighted by molar-refractivity contribution is -0.118. The summed E-state index contributed by atoms with van der Waals surface area (Å²) in [5.74, 6) is -0.722. The summed E-state index contributed by atoms with van der Waals surface area (Å²) in [6.45, 7) is -0.350. The number of hydrogen-bond acceptors (Lipinski definition) is 10. The van der Waals surface area contributed by atoms with Gasteiger partial charge in [-0.25, -0.2) is 19.0 Å². The summed E-state index contributed by atoms with van der Waals surface area (Å²) >= 11 is 1.04. The third kappa shape index (κ3) is 7.43. The van der Waals surface area contributed by atoms with E-state index in [1.165, 1.54) is 55.9 Å². The van der Waals surface area contributed by atoms with Gasteiger partial charge in [0.25, 0.3) is 17.7 Å². The molecule has 13 nitrogen and oxygen atoms in total. The van der Waals surface area contributed by atoms with Gasteiger partial charge < -0.3 is 14.8 Å². The van der Waals surface area contributed by atoms with Crippen molar-refractivity contribution in [3.05, 3.63) is 83.0 Å². The molecule has 5 N–H and O–H groups in total. The summed E-state index contributed by atoms with van der Waals surface area (Å²) < 4.78 is 33.6. The molecule has 1 fully saturated rings. The second-order valence-electron chi connectivity index (χ2n) is 7.98. The molecule has 1 saturated heterocycles. The maximum atomic E-state index is 12.4. The average Bonchev–Trinajstić information content (AvgIpc) is 3.29. The van der Waals surface area contributed by atoms with Gasteiger partial charge >= 0.3 is 0 Å². The second-order valence-corrected chi connectivity index (χ2v) is 10.6. The molecule has 15 heteroatoms. The van der Waals surface area contributed by atoms with Crippen LogP contribution in [0.15, 0.2) is 81.9 Å². The number of carbonyl (C=O) groups is 3. The molecule has 2 aromatic carbocycles. The Balaban J connectivity index is 1.35. The maximum Gasteiger partial charge on any atom is 0.271 e. The number of thioether (sulfide) groups is 1. The van der Waals surface area contributed by atoms with E-state index >= 15 is 0 Å². The summed E-state index contributed by atoms with van der Waals surface area (Å²) in [5.41, 5.74) is 3.73. The molecule has 2 heterocycles. The maximum absolute atomic E-state index is 12.4. The number of carbonyl (C=O) groups excluding carboxylic acids is 3. The smallest absolute Gasteiger partial charge is 0.271 e. The number of hydrazone groups is 1. The van der Waals surface area contributed by atoms with Crippen molar-refractivity contribution >= 4 is 56.4 Å². The van der Waals surface area contributed by atoms with Crippen LogP contribution < -0.4 is 30.7 Å². The number of primary sulfonamides is 1. The van der Waals surface area contributed by atoms with Gasteiger partial charge in [-0.1, -0.05) is 6.07 Å². The molecular weight excluding hydrogens is 560 g/mol. The van der Waals surface area contributed by atoms with Gasteiger partial charge in [0.15, 0.2) is 23.3 Å². The molecule has 0 aliphatic carbocycles. The molecule has 4 rings (SSSR count). The van der Waals surface area contributed by atoms with E-state index < -0.39 is 27.7 Å². The first-order chi connectivity index (χ1) is 19.1. The lowest BCUT2D eigenvalue weighted by Gasteiger charge is -2.12. The summed E-state index contributed by atoms with van der Waals surface area (Å²) in [7, 11) is -2.41. The highest BCUT2D eigenvalue weighted by Gasteiger charge is 2.24. The van der Waals surface area contributed by atoms with E-state index in [4.69, 9.17) is 14.6 Å². The second kappa shape index (κ2) is 12.4. The zero-order chi connectivity index (χ0) is 28.7. The largest absolute Gasteiger partial charge is 0.493 e. The zero-order valence-corrected chi connectivity index (χ0v) is 22.4. The van der Waals surface area contributed by atoms with Gasteiger partial charge in [0.2, 0.25) is 10.0 Å². The monoisotopic (exact) mass is 582 g/mol. The number of anilines is 1. The normalized spacial score (nSPS) is 15.0. The van der Waals surface area contributed by atoms with Crippen molar-refractivity contribution in [3.63, 3.8) is 0 Å². The van der Waals surface area contributed by atoms with Crippen molar-refractivity contribution < 1.29 is 32.3 Å². The molecule has 0 bridgehead atoms. The van der Waals surface area contributed by atoms with Crippen LogP contribution in [0.1, 0.15) is 15.9 Å². The minimum Gasteiger partial charge on any atom is -0.493 e. The summed E-state index contributed by atoms with van der Waals surface area (Å²) in [5, 5.41) is 14.4. The van der Waals surface area contributed by atoms with Crippen LogP contribution in [-0.2, 0) is 19.6 Å². The van der Waals surface area contributed by atoms with E-state index in [0.717, 1.165) is 11.8 Å². The number of amidine groups is 1. The molecule has 1 aliphatic heterocycles. The predicted molar refractivity (Wildman–Crippen MR) is 148 cm³/mol. The van der Waals surface area contributed by atoms with Crippen LogP contribution in [0.3, 0.4) is 0 Å². The van der Waals surface area contributed by atoms with Gasteiger partial charge in [0, 0.05) is 23.6 Å². The van der Waals surface area contributed by atoms with Crippen LogP contribution in [-0.4, -0.2) is 50.0 Å². The van der Waals surface area contributed by atoms with Crippen LogP contribution >= 0.6 is 11.8 Å². The number of benzene rings is 2. The highest BCUT2D eigenvalue weighted by Crippen LogP contribution is 2.31. The molecule has 0 unspecified atom stereocenters. The molecule has 1 aromatic heterocycles. The average molecular weight is 583 g/mol. The Morgan fingerprint density at radius 3 is 2.50 bits per heavy atom. The van der Waals surface area contributed by atoms with Crippen LogP contribution in [0.25, 0.3) is 6.08 Å². The van der Waals surface area contributed by atoms with E-state index in [0.29, 0.717) is 27.5 Å². The topological polar surface area (TPSA) is 191 Å². The SMILES string of the molecule is COc1cc(/C=C2\S/C(=N/NC(=O)c3ccncc3)NC2=O)ccc1OCC(=O)Nc1ccc(S(N)(=O)=O)cc1. The van der Waals surface area contributed by atoms with Crippen molar-refractivity contribution in [2.45, 2.75) is 4.90 Å². The molecule has 0 atom stereocenters. The van der Waals surface area contributed by atoms with Gasteiger partial charge in [-0.3, -0.25) is 24.7 Å². The molecule has 0 saturated carbocycles. The molecule has 40 heavy (non-hydrogen) atoms. The van der Waals surface area contributed by atoms with Gasteiger partial charge in [-0.05, 0) is 71.9 Å². The number of hydrogen-bond donors (Lipinski definition) is 4. The molecular formula is C25H22N6O7S2. The number of rotatable bonds is 9. The Morgan fingerprint density at radius 2 is 1.82 bits per heavy atom. The number of pyridine rings is 1. The van der Waals surface area contributed by atoms with E-state index in [-0.39, 0.29) is 22.4 Å². The highest BCUT2D eigenvalue weighted by molar-refractivity contribution is 8.18. The summed E-state index contributed by atoms with van der Waals surface area (Å²) in [6, 6.07) is 13.3. The Kier molecular flexibility index (Phi) is 8.78. The lowest BCUT2D eigenvalue weighted by atomic mass is 10.2. The lowest BCUT2D eigenvalue weighted by Crippen LogP contribution is -2.25. The predicted octanol–water partition coefficient (Wildman–Crippen LogP) is 1.66. The third-order valence-electron chi connectivity index (χ3n) is 5.16. The van der Waals surface area contributed by atoms with E-state index in [2.05, 4.69) is 26.1 Å². The minimum absolute atomic E-state index is 0.0775. The molecule has 3 aromatic rings. The number of nitrogens with two attached hydrogens (primary N) is 1. The fourth-order valence-electron chi connectivity index (χ4n) is 3.26. The van der Waals surface area contributed by atoms with Crippen molar-refractivity contribution in [1.82, 2.24) is 15.7 Å². The summed E-state index contributed by atoms with van der Waals surface area (Å²) in [4.78, 5) is 40.9. The van der Waals surface area contributed by atoms with E-state index in [1.54, 1.807) is 24.3 Å². The number of nitrogens with one attached hydrogen (secondary N) is 3.